The van der Waals surface area contributed by atoms with Gasteiger partial charge in [-0.3, -0.25) is 4.72 Å². The van der Waals surface area contributed by atoms with Gasteiger partial charge >= 0.3 is 0 Å². The first kappa shape index (κ1) is 25.2. The Hall–Kier alpha value is -2.89. The second kappa shape index (κ2) is 10.8. The summed E-state index contributed by atoms with van der Waals surface area (Å²) in [4.78, 5) is 3.00. The number of hydrogen-bond donors (Lipinski definition) is 3. The summed E-state index contributed by atoms with van der Waals surface area (Å²) in [7, 11) is -4.35. The zero-order chi connectivity index (χ0) is 25.0. The summed E-state index contributed by atoms with van der Waals surface area (Å²) in [5, 5.41) is 8.01. The molecule has 2 unspecified atom stereocenters. The summed E-state index contributed by atoms with van der Waals surface area (Å²) in [5.74, 6) is -2.42. The first-order valence-electron chi connectivity index (χ1n) is 11.1. The van der Waals surface area contributed by atoms with Crippen molar-refractivity contribution in [2.75, 3.05) is 23.1 Å². The minimum Gasteiger partial charge on any atom is -0.382 e. The molecule has 1 aromatic heterocycles. The first-order valence-corrected chi connectivity index (χ1v) is 13.5. The van der Waals surface area contributed by atoms with E-state index in [0.29, 0.717) is 6.07 Å². The maximum absolute atomic E-state index is 14.9. The van der Waals surface area contributed by atoms with Crippen molar-refractivity contribution in [2.24, 2.45) is 5.92 Å². The molecule has 3 aromatic rings. The largest absolute Gasteiger partial charge is 0.382 e. The van der Waals surface area contributed by atoms with Gasteiger partial charge < -0.3 is 10.6 Å². The summed E-state index contributed by atoms with van der Waals surface area (Å²) in [6.45, 7) is 2.99. The molecule has 0 fully saturated rings. The highest BCUT2D eigenvalue weighted by Gasteiger charge is 2.29. The molecule has 2 aromatic carbocycles. The van der Waals surface area contributed by atoms with E-state index >= 15 is 0 Å². The third-order valence-electron chi connectivity index (χ3n) is 5.85. The van der Waals surface area contributed by atoms with E-state index in [-0.39, 0.29) is 35.1 Å². The van der Waals surface area contributed by atoms with Gasteiger partial charge in [-0.1, -0.05) is 25.1 Å². The molecule has 0 spiro atoms. The van der Waals surface area contributed by atoms with E-state index < -0.39 is 26.6 Å². The van der Waals surface area contributed by atoms with E-state index in [0.717, 1.165) is 47.9 Å². The van der Waals surface area contributed by atoms with Crippen molar-refractivity contribution < 1.29 is 21.6 Å². The Balaban J connectivity index is 1.56. The van der Waals surface area contributed by atoms with Gasteiger partial charge in [0.05, 0.1) is 5.69 Å². The van der Waals surface area contributed by atoms with Crippen LogP contribution in [0.2, 0.25) is 0 Å². The highest BCUT2D eigenvalue weighted by Crippen LogP contribution is 2.34. The molecule has 3 N–H and O–H groups in total. The fourth-order valence-corrected chi connectivity index (χ4v) is 6.12. The van der Waals surface area contributed by atoms with Crippen molar-refractivity contribution in [3.8, 4) is 0 Å². The van der Waals surface area contributed by atoms with E-state index in [1.54, 1.807) is 17.5 Å². The van der Waals surface area contributed by atoms with E-state index in [4.69, 9.17) is 0 Å². The number of allylic oxidation sites excluding steroid dienone is 1. The van der Waals surface area contributed by atoms with Crippen LogP contribution in [0.5, 0.6) is 0 Å². The number of benzene rings is 2. The molecule has 186 valence electrons. The normalized spacial score (nSPS) is 18.2. The maximum atomic E-state index is 14.9. The summed E-state index contributed by atoms with van der Waals surface area (Å²) in [6, 6.07) is 7.78. The smallest absolute Gasteiger partial charge is 0.266 e. The highest BCUT2D eigenvalue weighted by molar-refractivity contribution is 7.93. The van der Waals surface area contributed by atoms with Crippen molar-refractivity contribution in [2.45, 2.75) is 30.7 Å². The van der Waals surface area contributed by atoms with Gasteiger partial charge in [-0.25, -0.2) is 26.6 Å². The van der Waals surface area contributed by atoms with Gasteiger partial charge in [0.1, 0.15) is 22.3 Å². The van der Waals surface area contributed by atoms with Crippen LogP contribution in [-0.4, -0.2) is 32.5 Å². The van der Waals surface area contributed by atoms with Crippen LogP contribution < -0.4 is 15.4 Å². The quantitative estimate of drug-likeness (QED) is 0.358. The van der Waals surface area contributed by atoms with Crippen LogP contribution in [0.1, 0.15) is 25.3 Å². The van der Waals surface area contributed by atoms with Crippen molar-refractivity contribution in [3.63, 3.8) is 0 Å². The Labute approximate surface area is 206 Å². The van der Waals surface area contributed by atoms with E-state index in [1.165, 1.54) is 18.3 Å². The SMILES string of the molecule is CCNC1CCC=C(c2ccc(F)cc2)C1CNc1cc(F)c(S(=O)(=O)Nc2nccs2)cc1F. The number of hydrogen-bond acceptors (Lipinski definition) is 6. The van der Waals surface area contributed by atoms with E-state index in [1.807, 2.05) is 6.92 Å². The molecule has 1 aliphatic carbocycles. The number of nitrogens with one attached hydrogen (secondary N) is 3. The van der Waals surface area contributed by atoms with Crippen LogP contribution in [0.3, 0.4) is 0 Å². The monoisotopic (exact) mass is 522 g/mol. The molecule has 0 bridgehead atoms. The number of nitrogens with zero attached hydrogens (tertiary/aromatic N) is 1. The lowest BCUT2D eigenvalue weighted by atomic mass is 9.79. The van der Waals surface area contributed by atoms with Crippen LogP contribution >= 0.6 is 11.3 Å². The van der Waals surface area contributed by atoms with Crippen molar-refractivity contribution in [1.29, 1.82) is 0 Å². The summed E-state index contributed by atoms with van der Waals surface area (Å²) in [5.41, 5.74) is 1.71. The maximum Gasteiger partial charge on any atom is 0.266 e. The summed E-state index contributed by atoms with van der Waals surface area (Å²) in [6.07, 6.45) is 5.18. The van der Waals surface area contributed by atoms with Crippen molar-refractivity contribution in [3.05, 3.63) is 77.1 Å². The van der Waals surface area contributed by atoms with Gasteiger partial charge in [0, 0.05) is 36.1 Å². The lowest BCUT2D eigenvalue weighted by Crippen LogP contribution is -2.41. The molecule has 0 saturated carbocycles. The molecule has 0 amide bonds. The highest BCUT2D eigenvalue weighted by atomic mass is 32.2. The number of halogens is 3. The van der Waals surface area contributed by atoms with Crippen molar-refractivity contribution in [1.82, 2.24) is 10.3 Å². The molecule has 1 aliphatic rings. The standard InChI is InChI=1S/C24H25F3N4O2S2/c1-2-28-21-5-3-4-17(15-6-8-16(25)9-7-15)18(21)14-30-22-12-20(27)23(13-19(22)26)35(32,33)31-24-29-10-11-34-24/h4,6-13,18,21,28,30H,2-3,5,14H2,1H3,(H,29,31). The molecule has 0 radical (unpaired) electrons. The second-order valence-electron chi connectivity index (χ2n) is 8.10. The predicted molar refractivity (Wildman–Crippen MR) is 132 cm³/mol. The van der Waals surface area contributed by atoms with Crippen LogP contribution in [-0.2, 0) is 10.0 Å². The lowest BCUT2D eigenvalue weighted by Gasteiger charge is -2.34. The number of anilines is 2. The third-order valence-corrected chi connectivity index (χ3v) is 8.02. The third kappa shape index (κ3) is 5.85. The topological polar surface area (TPSA) is 83.1 Å². The molecule has 4 rings (SSSR count). The molecule has 35 heavy (non-hydrogen) atoms. The minimum absolute atomic E-state index is 0.0545. The molecule has 0 saturated heterocycles. The molecule has 2 atom stereocenters. The Kier molecular flexibility index (Phi) is 7.78. The number of sulfonamides is 1. The zero-order valence-electron chi connectivity index (χ0n) is 18.9. The van der Waals surface area contributed by atoms with Crippen LogP contribution in [0, 0.1) is 23.4 Å². The molecule has 11 heteroatoms. The van der Waals surface area contributed by atoms with Gasteiger partial charge in [0.25, 0.3) is 10.0 Å². The van der Waals surface area contributed by atoms with Gasteiger partial charge in [0.2, 0.25) is 0 Å². The average Bonchev–Trinajstić information content (AvgIpc) is 3.33. The van der Waals surface area contributed by atoms with E-state index in [2.05, 4.69) is 26.4 Å². The molecular weight excluding hydrogens is 497 g/mol. The number of rotatable bonds is 9. The molecule has 1 heterocycles. The van der Waals surface area contributed by atoms with E-state index in [9.17, 15) is 21.6 Å². The predicted octanol–water partition coefficient (Wildman–Crippen LogP) is 5.24. The fraction of sp³-hybridized carbons (Fsp3) is 0.292. The second-order valence-corrected chi connectivity index (χ2v) is 10.6. The van der Waals surface area contributed by atoms with Crippen LogP contribution in [0.15, 0.2) is 58.9 Å². The molecule has 0 aliphatic heterocycles. The zero-order valence-corrected chi connectivity index (χ0v) is 20.5. The Morgan fingerprint density at radius 3 is 2.57 bits per heavy atom. The van der Waals surface area contributed by atoms with Crippen molar-refractivity contribution >= 4 is 37.8 Å². The Bertz CT molecular complexity index is 1300. The summed E-state index contributed by atoms with van der Waals surface area (Å²) >= 11 is 1.02. The minimum atomic E-state index is -4.35. The van der Waals surface area contributed by atoms with Gasteiger partial charge in [-0.2, -0.15) is 0 Å². The lowest BCUT2D eigenvalue weighted by molar-refractivity contribution is 0.402. The van der Waals surface area contributed by atoms with Gasteiger partial charge in [0.15, 0.2) is 5.13 Å². The Morgan fingerprint density at radius 1 is 1.11 bits per heavy atom. The molecule has 6 nitrogen and oxygen atoms in total. The van der Waals surface area contributed by atoms with Gasteiger partial charge in [-0.15, -0.1) is 11.3 Å². The molecular formula is C24H25F3N4O2S2. The first-order chi connectivity index (χ1) is 16.8. The summed E-state index contributed by atoms with van der Waals surface area (Å²) < 4.78 is 70.3. The fourth-order valence-electron chi connectivity index (χ4n) is 4.25. The number of aromatic nitrogens is 1. The van der Waals surface area contributed by atoms with Crippen LogP contribution in [0.25, 0.3) is 5.57 Å². The van der Waals surface area contributed by atoms with Gasteiger partial charge in [-0.05, 0) is 48.7 Å². The van der Waals surface area contributed by atoms with Crippen LogP contribution in [0.4, 0.5) is 24.0 Å². The Morgan fingerprint density at radius 2 is 1.89 bits per heavy atom. The average molecular weight is 523 g/mol. The number of thiazole rings is 1.